The van der Waals surface area contributed by atoms with Gasteiger partial charge in [-0.3, -0.25) is 4.79 Å². The van der Waals surface area contributed by atoms with Gasteiger partial charge in [0.25, 0.3) is 0 Å². The van der Waals surface area contributed by atoms with E-state index in [2.05, 4.69) is 17.1 Å². The maximum absolute atomic E-state index is 12.2. The molecule has 1 unspecified atom stereocenters. The summed E-state index contributed by atoms with van der Waals surface area (Å²) in [5.41, 5.74) is 0.914. The number of likely N-dealkylation sites (tertiary alicyclic amines) is 1. The molecule has 0 aromatic heterocycles. The Bertz CT molecular complexity index is 545. The largest absolute Gasteiger partial charge is 0.462 e. The second kappa shape index (κ2) is 8.67. The molecule has 1 N–H and O–H groups in total. The molecule has 1 aliphatic rings. The molecule has 0 bridgehead atoms. The number of para-hydroxylation sites is 1. The zero-order valence-corrected chi connectivity index (χ0v) is 14.0. The fraction of sp³-hybridized carbons (Fsp3) is 0.556. The Morgan fingerprint density at radius 2 is 2.13 bits per heavy atom. The number of amides is 1. The van der Waals surface area contributed by atoms with E-state index in [-0.39, 0.29) is 5.91 Å². The smallest absolute Gasteiger partial charge is 0.340 e. The first-order valence-electron chi connectivity index (χ1n) is 8.38. The average molecular weight is 318 g/mol. The van der Waals surface area contributed by atoms with E-state index in [1.165, 1.54) is 12.8 Å². The normalized spacial score (nSPS) is 18.4. The van der Waals surface area contributed by atoms with E-state index in [9.17, 15) is 9.59 Å². The van der Waals surface area contributed by atoms with Crippen LogP contribution in [0.15, 0.2) is 24.3 Å². The summed E-state index contributed by atoms with van der Waals surface area (Å²) in [4.78, 5) is 26.4. The van der Waals surface area contributed by atoms with Crippen molar-refractivity contribution in [2.24, 2.45) is 5.92 Å². The molecule has 5 nitrogen and oxygen atoms in total. The van der Waals surface area contributed by atoms with E-state index >= 15 is 0 Å². The number of hydrogen-bond acceptors (Lipinski definition) is 4. The number of benzene rings is 1. The van der Waals surface area contributed by atoms with Crippen molar-refractivity contribution in [2.75, 3.05) is 31.6 Å². The Labute approximate surface area is 138 Å². The molecule has 5 heteroatoms. The number of piperidine rings is 1. The molecular weight excluding hydrogens is 292 g/mol. The van der Waals surface area contributed by atoms with Gasteiger partial charge in [0.15, 0.2) is 0 Å². The van der Waals surface area contributed by atoms with Crippen LogP contribution in [0.5, 0.6) is 0 Å². The topological polar surface area (TPSA) is 58.6 Å². The summed E-state index contributed by atoms with van der Waals surface area (Å²) in [5.74, 6) is 0.226. The first kappa shape index (κ1) is 17.5. The molecule has 1 saturated heterocycles. The van der Waals surface area contributed by atoms with Gasteiger partial charge in [-0.2, -0.15) is 0 Å². The second-order valence-electron chi connectivity index (χ2n) is 6.11. The first-order chi connectivity index (χ1) is 11.1. The van der Waals surface area contributed by atoms with Gasteiger partial charge in [0.1, 0.15) is 0 Å². The minimum absolute atomic E-state index is 0.0695. The quantitative estimate of drug-likeness (QED) is 0.819. The standard InChI is InChI=1S/C18H26N2O3/c1-3-23-18(22)15-8-4-5-9-16(15)19-17(21)10-12-20-11-6-7-14(2)13-20/h4-5,8-9,14H,3,6-7,10-13H2,1-2H3,(H,19,21). The molecule has 1 heterocycles. The molecular formula is C18H26N2O3. The van der Waals surface area contributed by atoms with Gasteiger partial charge < -0.3 is 15.0 Å². The Balaban J connectivity index is 1.89. The lowest BCUT2D eigenvalue weighted by Gasteiger charge is -2.30. The van der Waals surface area contributed by atoms with Crippen LogP contribution in [0.25, 0.3) is 0 Å². The molecule has 1 aliphatic heterocycles. The molecule has 1 fully saturated rings. The summed E-state index contributed by atoms with van der Waals surface area (Å²) >= 11 is 0. The third-order valence-corrected chi connectivity index (χ3v) is 4.09. The van der Waals surface area contributed by atoms with Crippen molar-refractivity contribution in [2.45, 2.75) is 33.1 Å². The summed E-state index contributed by atoms with van der Waals surface area (Å²) in [6, 6.07) is 6.95. The Hall–Kier alpha value is -1.88. The van der Waals surface area contributed by atoms with Crippen LogP contribution >= 0.6 is 0 Å². The SMILES string of the molecule is CCOC(=O)c1ccccc1NC(=O)CCN1CCCC(C)C1. The van der Waals surface area contributed by atoms with E-state index < -0.39 is 5.97 Å². The number of esters is 1. The summed E-state index contributed by atoms with van der Waals surface area (Å²) in [5, 5.41) is 2.83. The summed E-state index contributed by atoms with van der Waals surface area (Å²) in [6.45, 7) is 7.22. The molecule has 1 amide bonds. The minimum atomic E-state index is -0.409. The van der Waals surface area contributed by atoms with Crippen molar-refractivity contribution in [1.29, 1.82) is 0 Å². The van der Waals surface area contributed by atoms with Crippen LogP contribution in [0.2, 0.25) is 0 Å². The van der Waals surface area contributed by atoms with Crippen LogP contribution in [-0.2, 0) is 9.53 Å². The number of nitrogens with zero attached hydrogens (tertiary/aromatic N) is 1. The van der Waals surface area contributed by atoms with Gasteiger partial charge in [0.05, 0.1) is 17.9 Å². The molecule has 0 spiro atoms. The van der Waals surface area contributed by atoms with Crippen molar-refractivity contribution in [3.05, 3.63) is 29.8 Å². The third kappa shape index (κ3) is 5.36. The predicted octanol–water partition coefficient (Wildman–Crippen LogP) is 2.92. The van der Waals surface area contributed by atoms with Crippen molar-refractivity contribution >= 4 is 17.6 Å². The van der Waals surface area contributed by atoms with Gasteiger partial charge in [0, 0.05) is 19.5 Å². The second-order valence-corrected chi connectivity index (χ2v) is 6.11. The highest BCUT2D eigenvalue weighted by Crippen LogP contribution is 2.18. The Kier molecular flexibility index (Phi) is 6.59. The lowest BCUT2D eigenvalue weighted by molar-refractivity contribution is -0.116. The molecule has 23 heavy (non-hydrogen) atoms. The zero-order valence-electron chi connectivity index (χ0n) is 14.0. The maximum Gasteiger partial charge on any atom is 0.340 e. The number of carbonyl (C=O) groups is 2. The lowest BCUT2D eigenvalue weighted by atomic mass is 10.0. The highest BCUT2D eigenvalue weighted by atomic mass is 16.5. The van der Waals surface area contributed by atoms with Crippen LogP contribution in [0.1, 0.15) is 43.5 Å². The van der Waals surface area contributed by atoms with Gasteiger partial charge in [-0.05, 0) is 44.4 Å². The van der Waals surface area contributed by atoms with Crippen LogP contribution in [0.3, 0.4) is 0 Å². The molecule has 1 aromatic carbocycles. The fourth-order valence-electron chi connectivity index (χ4n) is 2.94. The van der Waals surface area contributed by atoms with Crippen LogP contribution in [0, 0.1) is 5.92 Å². The van der Waals surface area contributed by atoms with Gasteiger partial charge >= 0.3 is 5.97 Å². The highest BCUT2D eigenvalue weighted by Gasteiger charge is 2.18. The summed E-state index contributed by atoms with van der Waals surface area (Å²) in [7, 11) is 0. The zero-order chi connectivity index (χ0) is 16.7. The van der Waals surface area contributed by atoms with E-state index in [4.69, 9.17) is 4.74 Å². The molecule has 0 radical (unpaired) electrons. The molecule has 1 aromatic rings. The van der Waals surface area contributed by atoms with Crippen LogP contribution in [-0.4, -0.2) is 43.0 Å². The van der Waals surface area contributed by atoms with Crippen molar-refractivity contribution in [3.63, 3.8) is 0 Å². The minimum Gasteiger partial charge on any atom is -0.462 e. The number of hydrogen-bond donors (Lipinski definition) is 1. The monoisotopic (exact) mass is 318 g/mol. The highest BCUT2D eigenvalue weighted by molar-refractivity contribution is 6.01. The number of rotatable bonds is 6. The lowest BCUT2D eigenvalue weighted by Crippen LogP contribution is -2.36. The van der Waals surface area contributed by atoms with Crippen molar-refractivity contribution < 1.29 is 14.3 Å². The summed E-state index contributed by atoms with van der Waals surface area (Å²) < 4.78 is 5.02. The van der Waals surface area contributed by atoms with Gasteiger partial charge in [-0.15, -0.1) is 0 Å². The third-order valence-electron chi connectivity index (χ3n) is 4.09. The molecule has 0 aliphatic carbocycles. The van der Waals surface area contributed by atoms with Crippen molar-refractivity contribution in [1.82, 2.24) is 4.90 Å². The number of anilines is 1. The summed E-state index contributed by atoms with van der Waals surface area (Å²) in [6.07, 6.45) is 2.91. The Morgan fingerprint density at radius 3 is 2.87 bits per heavy atom. The number of nitrogens with one attached hydrogen (secondary N) is 1. The number of ether oxygens (including phenoxy) is 1. The van der Waals surface area contributed by atoms with Gasteiger partial charge in [0.2, 0.25) is 5.91 Å². The van der Waals surface area contributed by atoms with E-state index in [1.54, 1.807) is 31.2 Å². The predicted molar refractivity (Wildman–Crippen MR) is 90.5 cm³/mol. The molecule has 126 valence electrons. The Morgan fingerprint density at radius 1 is 1.35 bits per heavy atom. The number of carbonyl (C=O) groups excluding carboxylic acids is 2. The van der Waals surface area contributed by atoms with E-state index in [1.807, 2.05) is 0 Å². The van der Waals surface area contributed by atoms with E-state index in [0.29, 0.717) is 30.2 Å². The van der Waals surface area contributed by atoms with Gasteiger partial charge in [-0.1, -0.05) is 19.1 Å². The van der Waals surface area contributed by atoms with Gasteiger partial charge in [-0.25, -0.2) is 4.79 Å². The fourth-order valence-corrected chi connectivity index (χ4v) is 2.94. The first-order valence-corrected chi connectivity index (χ1v) is 8.38. The van der Waals surface area contributed by atoms with Crippen molar-refractivity contribution in [3.8, 4) is 0 Å². The molecule has 2 rings (SSSR count). The van der Waals surface area contributed by atoms with E-state index in [0.717, 1.165) is 19.6 Å². The molecule has 0 saturated carbocycles. The van der Waals surface area contributed by atoms with Crippen LogP contribution in [0.4, 0.5) is 5.69 Å². The van der Waals surface area contributed by atoms with Crippen LogP contribution < -0.4 is 5.32 Å². The maximum atomic E-state index is 12.2. The average Bonchev–Trinajstić information content (AvgIpc) is 2.54. The molecule has 1 atom stereocenters.